The number of hydrogen-bond acceptors (Lipinski definition) is 2. The topological polar surface area (TPSA) is 21.3 Å². The molecule has 0 aromatic heterocycles. The maximum Gasteiger partial charge on any atom is 0.137 e. The molecule has 0 heterocycles. The molecule has 1 aromatic carbocycles. The molecule has 0 aliphatic rings. The van der Waals surface area contributed by atoms with E-state index in [4.69, 9.17) is 16.3 Å². The average molecular weight is 214 g/mol. The molecule has 0 saturated heterocycles. The van der Waals surface area contributed by atoms with Crippen molar-refractivity contribution in [3.63, 3.8) is 0 Å². The summed E-state index contributed by atoms with van der Waals surface area (Å²) in [4.78, 5) is 0. The highest BCUT2D eigenvalue weighted by molar-refractivity contribution is 6.32. The minimum atomic E-state index is 0.659. The first-order valence-electron chi connectivity index (χ1n) is 4.81. The van der Waals surface area contributed by atoms with Crippen LogP contribution in [0.2, 0.25) is 5.02 Å². The fraction of sp³-hybridized carbons (Fsp3) is 0.455. The quantitative estimate of drug-likeness (QED) is 0.760. The predicted molar refractivity (Wildman–Crippen MR) is 60.0 cm³/mol. The van der Waals surface area contributed by atoms with Gasteiger partial charge in [0.25, 0.3) is 0 Å². The van der Waals surface area contributed by atoms with E-state index in [1.165, 1.54) is 5.56 Å². The summed E-state index contributed by atoms with van der Waals surface area (Å²) in [5.41, 5.74) is 1.19. The van der Waals surface area contributed by atoms with Gasteiger partial charge < -0.3 is 10.1 Å². The summed E-state index contributed by atoms with van der Waals surface area (Å²) in [5.74, 6) is 0.738. The fourth-order valence-electron chi connectivity index (χ4n) is 1.22. The highest BCUT2D eigenvalue weighted by Gasteiger charge is 2.00. The van der Waals surface area contributed by atoms with E-state index < -0.39 is 0 Å². The van der Waals surface area contributed by atoms with Crippen molar-refractivity contribution >= 4 is 11.6 Å². The summed E-state index contributed by atoms with van der Waals surface area (Å²) in [5, 5.41) is 3.98. The first kappa shape index (κ1) is 11.3. The number of nitrogens with one attached hydrogen (secondary N) is 1. The smallest absolute Gasteiger partial charge is 0.137 e. The highest BCUT2D eigenvalue weighted by Crippen LogP contribution is 2.24. The van der Waals surface area contributed by atoms with Crippen LogP contribution in [-0.4, -0.2) is 13.7 Å². The Morgan fingerprint density at radius 2 is 2.21 bits per heavy atom. The van der Waals surface area contributed by atoms with Crippen LogP contribution in [0.25, 0.3) is 0 Å². The standard InChI is InChI=1S/C11H16ClNO/c1-3-6-13-8-9-4-5-10(12)11(7-9)14-2/h4-5,7,13H,3,6,8H2,1-2H3. The molecule has 0 saturated carbocycles. The van der Waals surface area contributed by atoms with Crippen molar-refractivity contribution in [2.75, 3.05) is 13.7 Å². The lowest BCUT2D eigenvalue weighted by Gasteiger charge is -2.07. The van der Waals surface area contributed by atoms with Gasteiger partial charge in [-0.1, -0.05) is 24.6 Å². The van der Waals surface area contributed by atoms with Gasteiger partial charge in [-0.3, -0.25) is 0 Å². The van der Waals surface area contributed by atoms with Gasteiger partial charge in [-0.15, -0.1) is 0 Å². The van der Waals surface area contributed by atoms with E-state index in [1.54, 1.807) is 7.11 Å². The number of rotatable bonds is 5. The van der Waals surface area contributed by atoms with E-state index >= 15 is 0 Å². The first-order chi connectivity index (χ1) is 6.77. The van der Waals surface area contributed by atoms with E-state index in [2.05, 4.69) is 12.2 Å². The maximum atomic E-state index is 5.91. The van der Waals surface area contributed by atoms with E-state index in [1.807, 2.05) is 18.2 Å². The molecule has 1 rings (SSSR count). The van der Waals surface area contributed by atoms with Gasteiger partial charge >= 0.3 is 0 Å². The van der Waals surface area contributed by atoms with Crippen LogP contribution in [-0.2, 0) is 6.54 Å². The van der Waals surface area contributed by atoms with E-state index in [0.717, 1.165) is 25.3 Å². The van der Waals surface area contributed by atoms with Gasteiger partial charge in [-0.05, 0) is 30.7 Å². The third-order valence-electron chi connectivity index (χ3n) is 1.97. The summed E-state index contributed by atoms with van der Waals surface area (Å²) in [6.07, 6.45) is 1.14. The van der Waals surface area contributed by atoms with E-state index in [0.29, 0.717) is 5.02 Å². The zero-order valence-electron chi connectivity index (χ0n) is 8.64. The zero-order chi connectivity index (χ0) is 10.4. The summed E-state index contributed by atoms with van der Waals surface area (Å²) in [7, 11) is 1.63. The van der Waals surface area contributed by atoms with Crippen molar-refractivity contribution in [2.45, 2.75) is 19.9 Å². The number of hydrogen-bond donors (Lipinski definition) is 1. The second kappa shape index (κ2) is 5.89. The maximum absolute atomic E-state index is 5.91. The monoisotopic (exact) mass is 213 g/mol. The van der Waals surface area contributed by atoms with E-state index in [-0.39, 0.29) is 0 Å². The van der Waals surface area contributed by atoms with Crippen LogP contribution in [0.5, 0.6) is 5.75 Å². The van der Waals surface area contributed by atoms with Crippen LogP contribution >= 0.6 is 11.6 Å². The summed E-state index contributed by atoms with van der Waals surface area (Å²) in [6.45, 7) is 4.04. The molecule has 0 aliphatic heterocycles. The zero-order valence-corrected chi connectivity index (χ0v) is 9.40. The highest BCUT2D eigenvalue weighted by atomic mass is 35.5. The van der Waals surface area contributed by atoms with Crippen LogP contribution < -0.4 is 10.1 Å². The Morgan fingerprint density at radius 3 is 2.86 bits per heavy atom. The molecule has 1 aromatic rings. The molecule has 0 radical (unpaired) electrons. The Bertz CT molecular complexity index is 289. The number of ether oxygens (including phenoxy) is 1. The third-order valence-corrected chi connectivity index (χ3v) is 2.28. The van der Waals surface area contributed by atoms with Gasteiger partial charge in [0.2, 0.25) is 0 Å². The lowest BCUT2D eigenvalue weighted by atomic mass is 10.2. The van der Waals surface area contributed by atoms with Crippen molar-refractivity contribution in [2.24, 2.45) is 0 Å². The van der Waals surface area contributed by atoms with Gasteiger partial charge in [0.15, 0.2) is 0 Å². The summed E-state index contributed by atoms with van der Waals surface area (Å²) >= 11 is 5.91. The molecular weight excluding hydrogens is 198 g/mol. The molecule has 14 heavy (non-hydrogen) atoms. The largest absolute Gasteiger partial charge is 0.495 e. The molecule has 0 amide bonds. The molecule has 0 atom stereocenters. The normalized spacial score (nSPS) is 10.2. The number of benzene rings is 1. The van der Waals surface area contributed by atoms with Crippen molar-refractivity contribution in [1.82, 2.24) is 5.32 Å². The first-order valence-corrected chi connectivity index (χ1v) is 5.19. The molecule has 2 nitrogen and oxygen atoms in total. The molecule has 0 fully saturated rings. The minimum absolute atomic E-state index is 0.659. The van der Waals surface area contributed by atoms with Crippen LogP contribution in [0.1, 0.15) is 18.9 Å². The number of halogens is 1. The van der Waals surface area contributed by atoms with Crippen molar-refractivity contribution in [3.8, 4) is 5.75 Å². The lowest BCUT2D eigenvalue weighted by Crippen LogP contribution is -2.13. The Balaban J connectivity index is 2.60. The van der Waals surface area contributed by atoms with Crippen LogP contribution in [0.15, 0.2) is 18.2 Å². The lowest BCUT2D eigenvalue weighted by molar-refractivity contribution is 0.414. The van der Waals surface area contributed by atoms with Gasteiger partial charge in [0.05, 0.1) is 12.1 Å². The van der Waals surface area contributed by atoms with Crippen LogP contribution in [0, 0.1) is 0 Å². The molecule has 1 N–H and O–H groups in total. The molecular formula is C11H16ClNO. The molecule has 0 bridgehead atoms. The Kier molecular flexibility index (Phi) is 4.77. The molecule has 0 unspecified atom stereocenters. The molecule has 3 heteroatoms. The van der Waals surface area contributed by atoms with Gasteiger partial charge in [-0.2, -0.15) is 0 Å². The summed E-state index contributed by atoms with van der Waals surface area (Å²) < 4.78 is 5.13. The van der Waals surface area contributed by atoms with Gasteiger partial charge in [0.1, 0.15) is 5.75 Å². The third kappa shape index (κ3) is 3.20. The average Bonchev–Trinajstić information content (AvgIpc) is 2.21. The molecule has 78 valence electrons. The van der Waals surface area contributed by atoms with Crippen molar-refractivity contribution in [3.05, 3.63) is 28.8 Å². The number of methoxy groups -OCH3 is 1. The van der Waals surface area contributed by atoms with Gasteiger partial charge in [0, 0.05) is 6.54 Å². The molecule has 0 spiro atoms. The Labute approximate surface area is 90.2 Å². The minimum Gasteiger partial charge on any atom is -0.495 e. The molecule has 0 aliphatic carbocycles. The van der Waals surface area contributed by atoms with Gasteiger partial charge in [-0.25, -0.2) is 0 Å². The SMILES string of the molecule is CCCNCc1ccc(Cl)c(OC)c1. The Hall–Kier alpha value is -0.730. The fourth-order valence-corrected chi connectivity index (χ4v) is 1.42. The van der Waals surface area contributed by atoms with Crippen LogP contribution in [0.3, 0.4) is 0 Å². The Morgan fingerprint density at radius 1 is 1.43 bits per heavy atom. The van der Waals surface area contributed by atoms with Crippen molar-refractivity contribution < 1.29 is 4.74 Å². The van der Waals surface area contributed by atoms with Crippen LogP contribution in [0.4, 0.5) is 0 Å². The van der Waals surface area contributed by atoms with Crippen molar-refractivity contribution in [1.29, 1.82) is 0 Å². The summed E-state index contributed by atoms with van der Waals surface area (Å²) in [6, 6.07) is 5.84. The van der Waals surface area contributed by atoms with E-state index in [9.17, 15) is 0 Å². The predicted octanol–water partition coefficient (Wildman–Crippen LogP) is 2.85. The second-order valence-corrected chi connectivity index (χ2v) is 3.55. The second-order valence-electron chi connectivity index (χ2n) is 3.15.